The lowest BCUT2D eigenvalue weighted by Gasteiger charge is -2.35. The van der Waals surface area contributed by atoms with Crippen LogP contribution in [-0.4, -0.2) is 41.5 Å². The summed E-state index contributed by atoms with van der Waals surface area (Å²) < 4.78 is 60.1. The fourth-order valence-corrected chi connectivity index (χ4v) is 4.40. The number of anilines is 1. The number of hydrazine groups is 1. The van der Waals surface area contributed by atoms with E-state index in [1.54, 1.807) is 23.3 Å². The number of hydrogen-bond acceptors (Lipinski definition) is 5. The van der Waals surface area contributed by atoms with Crippen LogP contribution in [0.3, 0.4) is 0 Å². The molecule has 1 saturated heterocycles. The Kier molecular flexibility index (Phi) is 5.13. The van der Waals surface area contributed by atoms with Gasteiger partial charge in [0.05, 0.1) is 17.3 Å². The first kappa shape index (κ1) is 20.9. The van der Waals surface area contributed by atoms with Crippen LogP contribution in [0.25, 0.3) is 11.1 Å². The molecule has 4 heterocycles. The van der Waals surface area contributed by atoms with Gasteiger partial charge in [0.2, 0.25) is 5.95 Å². The van der Waals surface area contributed by atoms with Crippen LogP contribution in [0.15, 0.2) is 48.3 Å². The Balaban J connectivity index is 1.57. The van der Waals surface area contributed by atoms with Crippen molar-refractivity contribution in [2.45, 2.75) is 37.7 Å². The molecule has 0 radical (unpaired) electrons. The van der Waals surface area contributed by atoms with Gasteiger partial charge in [-0.05, 0) is 48.6 Å². The minimum absolute atomic E-state index is 0.0918. The first-order valence-corrected chi connectivity index (χ1v) is 10.3. The second kappa shape index (κ2) is 7.86. The van der Waals surface area contributed by atoms with Gasteiger partial charge in [0.15, 0.2) is 0 Å². The van der Waals surface area contributed by atoms with Gasteiger partial charge in [-0.25, -0.2) is 10.4 Å². The quantitative estimate of drug-likeness (QED) is 0.567. The molecule has 32 heavy (non-hydrogen) atoms. The molecule has 1 aromatic heterocycles. The molecule has 0 aliphatic carbocycles. The molecular formula is C22H20F4N4O2. The zero-order valence-electron chi connectivity index (χ0n) is 16.9. The van der Waals surface area contributed by atoms with Gasteiger partial charge in [-0.1, -0.05) is 12.1 Å². The number of hydrogen-bond donors (Lipinski definition) is 1. The van der Waals surface area contributed by atoms with E-state index in [0.717, 1.165) is 19.3 Å². The Bertz CT molecular complexity index is 1080. The molecule has 6 nitrogen and oxygen atoms in total. The van der Waals surface area contributed by atoms with Crippen LogP contribution >= 0.6 is 0 Å². The van der Waals surface area contributed by atoms with Crippen molar-refractivity contribution in [2.75, 3.05) is 18.1 Å². The maximum Gasteiger partial charge on any atom is 0.406 e. The van der Waals surface area contributed by atoms with E-state index in [0.29, 0.717) is 22.6 Å². The SMILES string of the molecule is O=C1C2=CN(C3CCCCO3)NC2c2ccc(-c3cccnc3F)cc2N1CC(F)(F)F. The van der Waals surface area contributed by atoms with E-state index >= 15 is 0 Å². The first-order valence-electron chi connectivity index (χ1n) is 10.3. The van der Waals surface area contributed by atoms with Crippen molar-refractivity contribution in [2.24, 2.45) is 0 Å². The number of halogens is 4. The van der Waals surface area contributed by atoms with Crippen LogP contribution in [0.4, 0.5) is 23.2 Å². The molecule has 1 fully saturated rings. The molecule has 1 aromatic carbocycles. The summed E-state index contributed by atoms with van der Waals surface area (Å²) in [6.45, 7) is -0.858. The van der Waals surface area contributed by atoms with E-state index < -0.39 is 30.6 Å². The average Bonchev–Trinajstić information content (AvgIpc) is 3.22. The number of fused-ring (bicyclic) bond motifs is 3. The van der Waals surface area contributed by atoms with Crippen molar-refractivity contribution < 1.29 is 27.1 Å². The van der Waals surface area contributed by atoms with E-state index in [2.05, 4.69) is 10.4 Å². The number of pyridine rings is 1. The van der Waals surface area contributed by atoms with Gasteiger partial charge < -0.3 is 4.74 Å². The Morgan fingerprint density at radius 3 is 2.78 bits per heavy atom. The molecule has 1 amide bonds. The van der Waals surface area contributed by atoms with Crippen LogP contribution < -0.4 is 10.3 Å². The topological polar surface area (TPSA) is 57.7 Å². The van der Waals surface area contributed by atoms with Crippen LogP contribution in [0.1, 0.15) is 30.9 Å². The summed E-state index contributed by atoms with van der Waals surface area (Å²) in [5, 5.41) is 1.67. The Labute approximate surface area is 181 Å². The van der Waals surface area contributed by atoms with Crippen molar-refractivity contribution >= 4 is 11.6 Å². The molecule has 0 saturated carbocycles. The normalized spacial score (nSPS) is 23.1. The Hall–Kier alpha value is -2.98. The number of ether oxygens (including phenoxy) is 1. The van der Waals surface area contributed by atoms with Crippen LogP contribution in [0, 0.1) is 5.95 Å². The summed E-state index contributed by atoms with van der Waals surface area (Å²) in [4.78, 5) is 17.5. The minimum Gasteiger partial charge on any atom is -0.357 e. The molecule has 3 aliphatic heterocycles. The number of amides is 1. The largest absolute Gasteiger partial charge is 0.406 e. The predicted octanol–water partition coefficient (Wildman–Crippen LogP) is 4.07. The lowest BCUT2D eigenvalue weighted by atomic mass is 9.90. The minimum atomic E-state index is -4.60. The number of nitrogens with one attached hydrogen (secondary N) is 1. The van der Waals surface area contributed by atoms with Gasteiger partial charge in [-0.15, -0.1) is 0 Å². The number of carbonyl (C=O) groups excluding carboxylic acids is 1. The summed E-state index contributed by atoms with van der Waals surface area (Å²) in [7, 11) is 0. The fourth-order valence-electron chi connectivity index (χ4n) is 4.40. The zero-order chi connectivity index (χ0) is 22.5. The monoisotopic (exact) mass is 448 g/mol. The third-order valence-corrected chi connectivity index (χ3v) is 5.87. The Morgan fingerprint density at radius 2 is 2.06 bits per heavy atom. The van der Waals surface area contributed by atoms with Gasteiger partial charge in [-0.2, -0.15) is 17.6 Å². The molecule has 168 valence electrons. The summed E-state index contributed by atoms with van der Waals surface area (Å²) >= 11 is 0. The standard InChI is InChI=1S/C22H20F4N4O2/c23-20-14(4-3-8-27-20)13-6-7-15-17(10-13)29(12-22(24,25)26)21(31)16-11-30(28-19(15)16)18-5-1-2-9-32-18/h3-4,6-8,10-11,18-19,28H,1-2,5,9,12H2. The summed E-state index contributed by atoms with van der Waals surface area (Å²) in [5.41, 5.74) is 4.51. The molecule has 3 aliphatic rings. The number of alkyl halides is 3. The summed E-state index contributed by atoms with van der Waals surface area (Å²) in [6.07, 6.45) is 0.588. The smallest absolute Gasteiger partial charge is 0.357 e. The molecule has 1 N–H and O–H groups in total. The average molecular weight is 448 g/mol. The summed E-state index contributed by atoms with van der Waals surface area (Å²) in [6, 6.07) is 7.09. The number of nitrogens with zero attached hydrogens (tertiary/aromatic N) is 3. The third-order valence-electron chi connectivity index (χ3n) is 5.87. The highest BCUT2D eigenvalue weighted by Crippen LogP contribution is 2.44. The second-order valence-electron chi connectivity index (χ2n) is 8.00. The summed E-state index contributed by atoms with van der Waals surface area (Å²) in [5.74, 6) is -1.48. The van der Waals surface area contributed by atoms with E-state index in [9.17, 15) is 22.4 Å². The second-order valence-corrected chi connectivity index (χ2v) is 8.00. The third kappa shape index (κ3) is 3.73. The van der Waals surface area contributed by atoms with Crippen molar-refractivity contribution in [1.82, 2.24) is 15.4 Å². The lowest BCUT2D eigenvalue weighted by Crippen LogP contribution is -2.46. The maximum atomic E-state index is 14.2. The van der Waals surface area contributed by atoms with Crippen LogP contribution in [0.5, 0.6) is 0 Å². The van der Waals surface area contributed by atoms with E-state index in [1.807, 2.05) is 0 Å². The molecule has 5 rings (SSSR count). The zero-order valence-corrected chi connectivity index (χ0v) is 16.9. The fraction of sp³-hybridized carbons (Fsp3) is 0.364. The predicted molar refractivity (Wildman–Crippen MR) is 107 cm³/mol. The highest BCUT2D eigenvalue weighted by Gasteiger charge is 2.45. The molecule has 2 aromatic rings. The maximum absolute atomic E-state index is 14.2. The molecule has 0 bridgehead atoms. The molecule has 10 heteroatoms. The highest BCUT2D eigenvalue weighted by molar-refractivity contribution is 6.10. The Morgan fingerprint density at radius 1 is 1.22 bits per heavy atom. The number of rotatable bonds is 3. The molecular weight excluding hydrogens is 428 g/mol. The lowest BCUT2D eigenvalue weighted by molar-refractivity contribution is -0.130. The molecule has 2 unspecified atom stereocenters. The van der Waals surface area contributed by atoms with Gasteiger partial charge in [0.1, 0.15) is 12.8 Å². The molecule has 0 spiro atoms. The van der Waals surface area contributed by atoms with E-state index in [4.69, 9.17) is 4.74 Å². The number of aromatic nitrogens is 1. The number of carbonyl (C=O) groups is 1. The van der Waals surface area contributed by atoms with Crippen molar-refractivity contribution in [3.63, 3.8) is 0 Å². The number of benzene rings is 1. The van der Waals surface area contributed by atoms with E-state index in [1.165, 1.54) is 24.4 Å². The van der Waals surface area contributed by atoms with Crippen molar-refractivity contribution in [3.05, 3.63) is 59.8 Å². The highest BCUT2D eigenvalue weighted by atomic mass is 19.4. The van der Waals surface area contributed by atoms with Gasteiger partial charge >= 0.3 is 6.18 Å². The van der Waals surface area contributed by atoms with Gasteiger partial charge in [-0.3, -0.25) is 14.7 Å². The van der Waals surface area contributed by atoms with Crippen molar-refractivity contribution in [1.29, 1.82) is 0 Å². The molecule has 2 atom stereocenters. The first-order chi connectivity index (χ1) is 15.3. The van der Waals surface area contributed by atoms with Crippen LogP contribution in [0.2, 0.25) is 0 Å². The van der Waals surface area contributed by atoms with Gasteiger partial charge in [0, 0.05) is 24.6 Å². The van der Waals surface area contributed by atoms with Gasteiger partial charge in [0.25, 0.3) is 5.91 Å². The van der Waals surface area contributed by atoms with E-state index in [-0.39, 0.29) is 23.1 Å². The van der Waals surface area contributed by atoms with Crippen molar-refractivity contribution in [3.8, 4) is 11.1 Å². The van der Waals surface area contributed by atoms with Crippen LogP contribution in [-0.2, 0) is 9.53 Å².